The highest BCUT2D eigenvalue weighted by Crippen LogP contribution is 2.17. The number of rotatable bonds is 8. The van der Waals surface area contributed by atoms with Gasteiger partial charge >= 0.3 is 5.97 Å². The number of carboxylic acids is 1. The summed E-state index contributed by atoms with van der Waals surface area (Å²) in [6.07, 6.45) is 0.837. The van der Waals surface area contributed by atoms with Gasteiger partial charge in [-0.2, -0.15) is 0 Å². The van der Waals surface area contributed by atoms with E-state index in [1.165, 1.54) is 0 Å². The number of benzene rings is 2. The zero-order valence-electron chi connectivity index (χ0n) is 16.4. The van der Waals surface area contributed by atoms with Crippen molar-refractivity contribution in [2.45, 2.75) is 39.7 Å². The van der Waals surface area contributed by atoms with Gasteiger partial charge in [0.15, 0.2) is 6.04 Å². The van der Waals surface area contributed by atoms with E-state index in [9.17, 15) is 19.5 Å². The number of hydrogen-bond acceptors (Lipinski definition) is 3. The van der Waals surface area contributed by atoms with Crippen molar-refractivity contribution in [3.63, 3.8) is 0 Å². The Morgan fingerprint density at radius 3 is 2.21 bits per heavy atom. The SMILES string of the molecule is Cc1ccc(CCC(=O)NCC(=O)NC(C(=O)O)c2ccc(C)c(C)c2)cc1. The minimum atomic E-state index is -1.16. The minimum Gasteiger partial charge on any atom is -0.479 e. The van der Waals surface area contributed by atoms with Gasteiger partial charge in [0.1, 0.15) is 0 Å². The molecule has 0 aliphatic heterocycles. The number of carbonyl (C=O) groups is 3. The molecule has 2 aromatic rings. The van der Waals surface area contributed by atoms with Crippen LogP contribution >= 0.6 is 0 Å². The highest BCUT2D eigenvalue weighted by atomic mass is 16.4. The highest BCUT2D eigenvalue weighted by Gasteiger charge is 2.22. The molecular formula is C22H26N2O4. The first kappa shape index (κ1) is 21.2. The van der Waals surface area contributed by atoms with Crippen molar-refractivity contribution in [2.24, 2.45) is 0 Å². The third-order valence-corrected chi connectivity index (χ3v) is 4.62. The number of amides is 2. The van der Waals surface area contributed by atoms with Crippen LogP contribution in [0.2, 0.25) is 0 Å². The Morgan fingerprint density at radius 2 is 1.61 bits per heavy atom. The molecule has 3 N–H and O–H groups in total. The van der Waals surface area contributed by atoms with Crippen LogP contribution in [0.3, 0.4) is 0 Å². The third-order valence-electron chi connectivity index (χ3n) is 4.62. The number of carbonyl (C=O) groups excluding carboxylic acids is 2. The summed E-state index contributed by atoms with van der Waals surface area (Å²) in [5, 5.41) is 14.4. The molecule has 0 radical (unpaired) electrons. The van der Waals surface area contributed by atoms with Crippen LogP contribution in [0.1, 0.15) is 40.3 Å². The van der Waals surface area contributed by atoms with Gasteiger partial charge in [-0.05, 0) is 49.4 Å². The van der Waals surface area contributed by atoms with Crippen LogP contribution in [0.5, 0.6) is 0 Å². The minimum absolute atomic E-state index is 0.256. The Bertz CT molecular complexity index is 859. The van der Waals surface area contributed by atoms with Crippen LogP contribution < -0.4 is 10.6 Å². The van der Waals surface area contributed by atoms with Crippen molar-refractivity contribution in [2.75, 3.05) is 6.54 Å². The Hall–Kier alpha value is -3.15. The van der Waals surface area contributed by atoms with Gasteiger partial charge in [-0.15, -0.1) is 0 Å². The van der Waals surface area contributed by atoms with Crippen molar-refractivity contribution in [1.29, 1.82) is 0 Å². The van der Waals surface area contributed by atoms with E-state index in [0.29, 0.717) is 12.0 Å². The summed E-state index contributed by atoms with van der Waals surface area (Å²) < 4.78 is 0. The van der Waals surface area contributed by atoms with E-state index in [-0.39, 0.29) is 18.9 Å². The second-order valence-corrected chi connectivity index (χ2v) is 6.94. The molecule has 2 rings (SSSR count). The number of aryl methyl sites for hydroxylation is 4. The topological polar surface area (TPSA) is 95.5 Å². The largest absolute Gasteiger partial charge is 0.479 e. The van der Waals surface area contributed by atoms with Crippen molar-refractivity contribution in [3.8, 4) is 0 Å². The summed E-state index contributed by atoms with van der Waals surface area (Å²) in [4.78, 5) is 35.6. The van der Waals surface area contributed by atoms with Crippen molar-refractivity contribution in [3.05, 3.63) is 70.3 Å². The second-order valence-electron chi connectivity index (χ2n) is 6.94. The molecule has 1 unspecified atom stereocenters. The summed E-state index contributed by atoms with van der Waals surface area (Å²) >= 11 is 0. The lowest BCUT2D eigenvalue weighted by molar-refractivity contribution is -0.141. The standard InChI is InChI=1S/C22H26N2O4/c1-14-4-7-17(8-5-14)9-11-19(25)23-13-20(26)24-21(22(27)28)18-10-6-15(2)16(3)12-18/h4-8,10,12,21H,9,11,13H2,1-3H3,(H,23,25)(H,24,26)(H,27,28). The molecule has 6 heteroatoms. The fourth-order valence-corrected chi connectivity index (χ4v) is 2.72. The van der Waals surface area contributed by atoms with Gasteiger partial charge in [0.05, 0.1) is 6.54 Å². The van der Waals surface area contributed by atoms with Crippen LogP contribution in [0, 0.1) is 20.8 Å². The van der Waals surface area contributed by atoms with E-state index < -0.39 is 17.9 Å². The molecule has 1 atom stereocenters. The molecule has 0 fully saturated rings. The normalized spacial score (nSPS) is 11.5. The average molecular weight is 382 g/mol. The van der Waals surface area contributed by atoms with Gasteiger partial charge < -0.3 is 15.7 Å². The van der Waals surface area contributed by atoms with E-state index in [1.54, 1.807) is 12.1 Å². The van der Waals surface area contributed by atoms with Crippen LogP contribution in [0.25, 0.3) is 0 Å². The predicted octanol–water partition coefficient (Wildman–Crippen LogP) is 2.60. The zero-order chi connectivity index (χ0) is 20.7. The van der Waals surface area contributed by atoms with Crippen molar-refractivity contribution in [1.82, 2.24) is 10.6 Å². The third kappa shape index (κ3) is 6.23. The molecule has 0 bridgehead atoms. The molecule has 2 amide bonds. The second kappa shape index (κ2) is 9.69. The molecule has 0 spiro atoms. The quantitative estimate of drug-likeness (QED) is 0.654. The number of carboxylic acid groups (broad SMARTS) is 1. The number of nitrogens with one attached hydrogen (secondary N) is 2. The molecule has 2 aromatic carbocycles. The molecular weight excluding hydrogens is 356 g/mol. The van der Waals surface area contributed by atoms with E-state index in [2.05, 4.69) is 10.6 Å². The lowest BCUT2D eigenvalue weighted by Gasteiger charge is -2.16. The summed E-state index contributed by atoms with van der Waals surface area (Å²) in [6, 6.07) is 12.0. The maximum Gasteiger partial charge on any atom is 0.330 e. The van der Waals surface area contributed by atoms with E-state index in [1.807, 2.05) is 51.1 Å². The van der Waals surface area contributed by atoms with Gasteiger partial charge in [0, 0.05) is 6.42 Å². The van der Waals surface area contributed by atoms with Gasteiger partial charge in [-0.25, -0.2) is 4.79 Å². The first-order chi connectivity index (χ1) is 13.3. The summed E-state index contributed by atoms with van der Waals surface area (Å²) in [5.41, 5.74) is 4.68. The fraction of sp³-hybridized carbons (Fsp3) is 0.318. The molecule has 0 aliphatic carbocycles. The lowest BCUT2D eigenvalue weighted by atomic mass is 10.0. The first-order valence-corrected chi connectivity index (χ1v) is 9.18. The molecule has 6 nitrogen and oxygen atoms in total. The maximum absolute atomic E-state index is 12.1. The van der Waals surface area contributed by atoms with Crippen LogP contribution in [0.15, 0.2) is 42.5 Å². The Kier molecular flexibility index (Phi) is 7.32. The first-order valence-electron chi connectivity index (χ1n) is 9.18. The van der Waals surface area contributed by atoms with Crippen LogP contribution in [-0.4, -0.2) is 29.4 Å². The monoisotopic (exact) mass is 382 g/mol. The molecule has 148 valence electrons. The molecule has 0 aromatic heterocycles. The fourth-order valence-electron chi connectivity index (χ4n) is 2.72. The van der Waals surface area contributed by atoms with E-state index in [4.69, 9.17) is 0 Å². The highest BCUT2D eigenvalue weighted by molar-refractivity contribution is 5.88. The Labute approximate surface area is 165 Å². The lowest BCUT2D eigenvalue weighted by Crippen LogP contribution is -2.41. The summed E-state index contributed by atoms with van der Waals surface area (Å²) in [7, 11) is 0. The van der Waals surface area contributed by atoms with Crippen molar-refractivity contribution >= 4 is 17.8 Å². The summed E-state index contributed by atoms with van der Waals surface area (Å²) in [6.45, 7) is 5.55. The van der Waals surface area contributed by atoms with Gasteiger partial charge in [0.25, 0.3) is 0 Å². The molecule has 28 heavy (non-hydrogen) atoms. The van der Waals surface area contributed by atoms with Crippen LogP contribution in [0.4, 0.5) is 0 Å². The molecule has 0 heterocycles. The zero-order valence-corrected chi connectivity index (χ0v) is 16.4. The van der Waals surface area contributed by atoms with Gasteiger partial charge in [-0.1, -0.05) is 48.0 Å². The average Bonchev–Trinajstić information content (AvgIpc) is 2.66. The van der Waals surface area contributed by atoms with Crippen molar-refractivity contribution < 1.29 is 19.5 Å². The maximum atomic E-state index is 12.1. The molecule has 0 saturated carbocycles. The summed E-state index contributed by atoms with van der Waals surface area (Å²) in [5.74, 6) is -1.95. The predicted molar refractivity (Wildman–Crippen MR) is 107 cm³/mol. The van der Waals surface area contributed by atoms with Gasteiger partial charge in [0.2, 0.25) is 11.8 Å². The van der Waals surface area contributed by atoms with Crippen LogP contribution in [-0.2, 0) is 20.8 Å². The molecule has 0 aliphatic rings. The Balaban J connectivity index is 1.85. The van der Waals surface area contributed by atoms with E-state index in [0.717, 1.165) is 22.3 Å². The smallest absolute Gasteiger partial charge is 0.330 e. The van der Waals surface area contributed by atoms with E-state index >= 15 is 0 Å². The van der Waals surface area contributed by atoms with Gasteiger partial charge in [-0.3, -0.25) is 9.59 Å². The number of aliphatic carboxylic acids is 1. The Morgan fingerprint density at radius 1 is 0.929 bits per heavy atom. The number of hydrogen-bond donors (Lipinski definition) is 3. The molecule has 0 saturated heterocycles.